The van der Waals surface area contributed by atoms with Crippen LogP contribution in [0, 0.1) is 5.82 Å². The molecule has 2 aromatic rings. The number of hydrogen-bond acceptors (Lipinski definition) is 5. The lowest BCUT2D eigenvalue weighted by atomic mass is 10.1. The van der Waals surface area contributed by atoms with E-state index in [-0.39, 0.29) is 11.9 Å². The zero-order valence-electron chi connectivity index (χ0n) is 21.2. The largest absolute Gasteiger partial charge is 0.381 e. The van der Waals surface area contributed by atoms with Crippen LogP contribution in [0.3, 0.4) is 0 Å². The first-order chi connectivity index (χ1) is 18.4. The van der Waals surface area contributed by atoms with Crippen molar-refractivity contribution in [2.24, 2.45) is 9.98 Å². The fourth-order valence-corrected chi connectivity index (χ4v) is 4.80. The second kappa shape index (κ2) is 11.6. The summed E-state index contributed by atoms with van der Waals surface area (Å²) in [5, 5.41) is 5.20. The quantitative estimate of drug-likeness (QED) is 0.214. The first kappa shape index (κ1) is 26.4. The van der Waals surface area contributed by atoms with Crippen molar-refractivity contribution in [1.82, 2.24) is 9.55 Å². The number of allylic oxidation sites excluding steroid dienone is 1. The van der Waals surface area contributed by atoms with E-state index in [1.54, 1.807) is 25.2 Å². The van der Waals surface area contributed by atoms with E-state index >= 15 is 0 Å². The minimum atomic E-state index is -0.354. The molecule has 3 aliphatic rings. The van der Waals surface area contributed by atoms with Crippen LogP contribution in [0.1, 0.15) is 19.8 Å². The maximum absolute atomic E-state index is 14.2. The number of hydrogen-bond donors (Lipinski definition) is 1. The number of ether oxygens (including phenoxy) is 1. The van der Waals surface area contributed by atoms with Gasteiger partial charge in [0.15, 0.2) is 0 Å². The fraction of sp³-hybridized carbons (Fsp3) is 0.276. The average molecular weight is 552 g/mol. The number of halogens is 3. The summed E-state index contributed by atoms with van der Waals surface area (Å²) in [6.07, 6.45) is 5.72. The van der Waals surface area contributed by atoms with Crippen molar-refractivity contribution in [3.63, 3.8) is 0 Å². The standard InChI is InChI=1S/C29H28Cl2FN5O/c1-18(33-2)4-3-11-34-24-16-27-29(17-25(24)35-20-9-12-38-13-10-20)37(21-6-7-22(30)23(31)15-21)28-8-5-19(32)14-26(28)36-27/h3-8,14-17,20,34H,9-13H2,1-2H3/b4-3-,33-18?,35-25?. The van der Waals surface area contributed by atoms with Crippen LogP contribution < -0.4 is 10.7 Å². The second-order valence-corrected chi connectivity index (χ2v) is 9.97. The molecule has 0 aromatic heterocycles. The second-order valence-electron chi connectivity index (χ2n) is 9.16. The predicted octanol–water partition coefficient (Wildman–Crippen LogP) is 6.71. The highest BCUT2D eigenvalue weighted by molar-refractivity contribution is 6.42. The Morgan fingerprint density at radius 3 is 2.71 bits per heavy atom. The number of benzene rings is 3. The Morgan fingerprint density at radius 2 is 1.95 bits per heavy atom. The van der Waals surface area contributed by atoms with Crippen LogP contribution >= 0.6 is 23.2 Å². The van der Waals surface area contributed by atoms with Crippen molar-refractivity contribution in [2.45, 2.75) is 25.8 Å². The number of anilines is 1. The van der Waals surface area contributed by atoms with Crippen molar-refractivity contribution in [3.8, 4) is 17.1 Å². The van der Waals surface area contributed by atoms with E-state index in [2.05, 4.69) is 10.3 Å². The number of fused-ring (bicyclic) bond motifs is 2. The molecule has 0 amide bonds. The number of nitrogens with one attached hydrogen (secondary N) is 1. The molecule has 2 aromatic carbocycles. The van der Waals surface area contributed by atoms with E-state index in [0.717, 1.165) is 46.5 Å². The van der Waals surface area contributed by atoms with Crippen LogP contribution in [0.2, 0.25) is 10.0 Å². The normalized spacial score (nSPS) is 15.7. The van der Waals surface area contributed by atoms with E-state index in [4.69, 9.17) is 37.9 Å². The van der Waals surface area contributed by atoms with Gasteiger partial charge in [0.05, 0.1) is 49.6 Å². The number of aliphatic imine (C=N–C) groups is 1. The molecule has 0 saturated carbocycles. The summed E-state index contributed by atoms with van der Waals surface area (Å²) in [7, 11) is 1.77. The molecule has 0 spiro atoms. The van der Waals surface area contributed by atoms with Gasteiger partial charge in [0.1, 0.15) is 5.82 Å². The van der Waals surface area contributed by atoms with E-state index in [1.807, 2.05) is 41.8 Å². The third kappa shape index (κ3) is 5.75. The van der Waals surface area contributed by atoms with E-state index < -0.39 is 0 Å². The Morgan fingerprint density at radius 1 is 1.13 bits per heavy atom. The predicted molar refractivity (Wildman–Crippen MR) is 154 cm³/mol. The van der Waals surface area contributed by atoms with Gasteiger partial charge in [-0.1, -0.05) is 29.3 Å². The monoisotopic (exact) mass is 551 g/mol. The molecule has 2 aliphatic heterocycles. The summed E-state index contributed by atoms with van der Waals surface area (Å²) in [6.45, 7) is 3.94. The highest BCUT2D eigenvalue weighted by Crippen LogP contribution is 2.32. The van der Waals surface area contributed by atoms with Gasteiger partial charge in [-0.05, 0) is 68.3 Å². The van der Waals surface area contributed by atoms with Gasteiger partial charge in [0.2, 0.25) is 0 Å². The summed E-state index contributed by atoms with van der Waals surface area (Å²) in [5.74, 6) is -0.354. The maximum Gasteiger partial charge on any atom is 0.125 e. The van der Waals surface area contributed by atoms with Crippen LogP contribution in [0.15, 0.2) is 70.7 Å². The summed E-state index contributed by atoms with van der Waals surface area (Å²) in [4.78, 5) is 14.1. The number of rotatable bonds is 6. The fourth-order valence-electron chi connectivity index (χ4n) is 4.50. The van der Waals surface area contributed by atoms with Crippen LogP contribution in [0.5, 0.6) is 0 Å². The van der Waals surface area contributed by atoms with Crippen molar-refractivity contribution < 1.29 is 9.13 Å². The van der Waals surface area contributed by atoms with Gasteiger partial charge in [0, 0.05) is 44.3 Å². The van der Waals surface area contributed by atoms with Gasteiger partial charge in [-0.25, -0.2) is 9.37 Å². The van der Waals surface area contributed by atoms with Gasteiger partial charge in [-0.2, -0.15) is 0 Å². The number of nitrogens with zero attached hydrogens (tertiary/aromatic N) is 4. The van der Waals surface area contributed by atoms with E-state index in [0.29, 0.717) is 41.0 Å². The zero-order chi connectivity index (χ0) is 26.6. The van der Waals surface area contributed by atoms with Gasteiger partial charge >= 0.3 is 0 Å². The molecular weight excluding hydrogens is 524 g/mol. The summed E-state index contributed by atoms with van der Waals surface area (Å²) < 4.78 is 21.8. The Labute approximate surface area is 230 Å². The lowest BCUT2D eigenvalue weighted by molar-refractivity contribution is 0.0864. The molecule has 1 aliphatic carbocycles. The summed E-state index contributed by atoms with van der Waals surface area (Å²) in [5.41, 5.74) is 5.36. The Hall–Kier alpha value is -3.26. The minimum absolute atomic E-state index is 0.160. The molecule has 0 unspecified atom stereocenters. The smallest absolute Gasteiger partial charge is 0.125 e. The van der Waals surface area contributed by atoms with Crippen LogP contribution in [0.25, 0.3) is 28.1 Å². The van der Waals surface area contributed by atoms with Crippen LogP contribution in [-0.2, 0) is 4.74 Å². The third-order valence-corrected chi connectivity index (χ3v) is 7.29. The molecule has 196 valence electrons. The lowest BCUT2D eigenvalue weighted by Gasteiger charge is -2.22. The Balaban J connectivity index is 1.73. The third-order valence-electron chi connectivity index (χ3n) is 6.55. The SMILES string of the molecule is CN=C(C)/C=C\CNc1cc2nc3cc(F)ccc3n(-c3ccc(Cl)c(Cl)c3)c-2cc1=NC1CCOCC1. The molecule has 6 nitrogen and oxygen atoms in total. The van der Waals surface area contributed by atoms with Gasteiger partial charge < -0.3 is 14.6 Å². The van der Waals surface area contributed by atoms with Crippen LogP contribution in [-0.4, -0.2) is 48.1 Å². The molecule has 0 bridgehead atoms. The molecule has 1 saturated heterocycles. The highest BCUT2D eigenvalue weighted by Gasteiger charge is 2.19. The zero-order valence-corrected chi connectivity index (χ0v) is 22.7. The molecule has 9 heteroatoms. The first-order valence-corrected chi connectivity index (χ1v) is 13.3. The van der Waals surface area contributed by atoms with E-state index in [9.17, 15) is 4.39 Å². The summed E-state index contributed by atoms with van der Waals surface area (Å²) >= 11 is 12.6. The lowest BCUT2D eigenvalue weighted by Crippen LogP contribution is -2.23. The van der Waals surface area contributed by atoms with Gasteiger partial charge in [-0.3, -0.25) is 9.98 Å². The van der Waals surface area contributed by atoms with Crippen molar-refractivity contribution >= 4 is 45.6 Å². The molecular formula is C29H28Cl2FN5O. The molecule has 1 fully saturated rings. The van der Waals surface area contributed by atoms with Crippen molar-refractivity contribution in [2.75, 3.05) is 32.1 Å². The molecule has 1 N–H and O–H groups in total. The molecule has 5 rings (SSSR count). The molecule has 2 heterocycles. The Kier molecular flexibility index (Phi) is 8.07. The highest BCUT2D eigenvalue weighted by atomic mass is 35.5. The van der Waals surface area contributed by atoms with Crippen molar-refractivity contribution in [3.05, 3.63) is 81.9 Å². The minimum Gasteiger partial charge on any atom is -0.381 e. The average Bonchev–Trinajstić information content (AvgIpc) is 2.92. The maximum atomic E-state index is 14.2. The molecule has 0 atom stereocenters. The topological polar surface area (TPSA) is 63.8 Å². The van der Waals surface area contributed by atoms with Gasteiger partial charge in [-0.15, -0.1) is 0 Å². The first-order valence-electron chi connectivity index (χ1n) is 12.5. The van der Waals surface area contributed by atoms with Gasteiger partial charge in [0.25, 0.3) is 0 Å². The van der Waals surface area contributed by atoms with E-state index in [1.165, 1.54) is 12.1 Å². The molecule has 38 heavy (non-hydrogen) atoms. The van der Waals surface area contributed by atoms with Crippen molar-refractivity contribution in [1.29, 1.82) is 0 Å². The number of aromatic nitrogens is 2. The molecule has 0 radical (unpaired) electrons. The Bertz CT molecular complexity index is 1570. The van der Waals surface area contributed by atoms with Crippen LogP contribution in [0.4, 0.5) is 10.1 Å². The summed E-state index contributed by atoms with van der Waals surface area (Å²) in [6, 6.07) is 14.2.